The second-order valence-electron chi connectivity index (χ2n) is 10.0. The fourth-order valence-electron chi connectivity index (χ4n) is 5.56. The summed E-state index contributed by atoms with van der Waals surface area (Å²) >= 11 is 0. The van der Waals surface area contributed by atoms with Crippen molar-refractivity contribution in [3.05, 3.63) is 51.6 Å². The van der Waals surface area contributed by atoms with Gasteiger partial charge in [-0.15, -0.1) is 0 Å². The van der Waals surface area contributed by atoms with E-state index in [4.69, 9.17) is 9.47 Å². The molecule has 8 N–H and O–H groups in total. The van der Waals surface area contributed by atoms with E-state index in [0.717, 1.165) is 0 Å². The van der Waals surface area contributed by atoms with Gasteiger partial charge in [0.25, 0.3) is 0 Å². The largest absolute Gasteiger partial charge is 0.507 e. The third-order valence-electron chi connectivity index (χ3n) is 7.67. The number of aromatic hydroxyl groups is 3. The molecule has 1 fully saturated rings. The highest BCUT2D eigenvalue weighted by atomic mass is 16.7. The Morgan fingerprint density at radius 3 is 2.43 bits per heavy atom. The summed E-state index contributed by atoms with van der Waals surface area (Å²) in [5.74, 6) is -4.06. The van der Waals surface area contributed by atoms with Gasteiger partial charge in [0.2, 0.25) is 5.78 Å². The van der Waals surface area contributed by atoms with E-state index in [1.807, 2.05) is 0 Å². The van der Waals surface area contributed by atoms with Crippen molar-refractivity contribution in [2.75, 3.05) is 0 Å². The lowest BCUT2D eigenvalue weighted by molar-refractivity contribution is -0.466. The molecule has 0 bridgehead atoms. The van der Waals surface area contributed by atoms with E-state index < -0.39 is 88.4 Å². The highest BCUT2D eigenvalue weighted by Gasteiger charge is 2.49. The zero-order chi connectivity index (χ0) is 27.0. The van der Waals surface area contributed by atoms with Gasteiger partial charge < -0.3 is 40.7 Å². The highest BCUT2D eigenvalue weighted by molar-refractivity contribution is 6.31. The topological polar surface area (TPSA) is 198 Å². The van der Waals surface area contributed by atoms with Gasteiger partial charge in [-0.05, 0) is 19.9 Å². The molecule has 5 rings (SSSR count). The number of fused-ring (bicyclic) bond motifs is 3. The number of ether oxygens (including phenoxy) is 2. The van der Waals surface area contributed by atoms with E-state index in [0.29, 0.717) is 0 Å². The Morgan fingerprint density at radius 1 is 1.11 bits per heavy atom. The van der Waals surface area contributed by atoms with Crippen LogP contribution in [-0.2, 0) is 20.7 Å². The van der Waals surface area contributed by atoms with Crippen LogP contribution in [-0.4, -0.2) is 73.0 Å². The first-order valence-electron chi connectivity index (χ1n) is 11.9. The van der Waals surface area contributed by atoms with Gasteiger partial charge in [-0.2, -0.15) is 0 Å². The number of carbonyl (C=O) groups excluding carboxylic acids is 3. The maximum absolute atomic E-state index is 13.4. The number of quaternary nitrogens is 1. The standard InChI is InChI=1S/C26H27NO10/c1-9-21(30)13(27)6-16(36-9)37-15-8-26(35,10(2)28)7-12-18(15)25(34)20-19(23(12)32)22(31)11-4-3-5-14(29)17(11)24(20)33/h3-5,9,13,15-16,21,29-30,32,34-35H,6-8,27H2,1-2H3/p+1/t9-,13-,15-,16-,21+,26-/m0/s1. The molecule has 0 amide bonds. The zero-order valence-electron chi connectivity index (χ0n) is 20.2. The Morgan fingerprint density at radius 2 is 1.78 bits per heavy atom. The van der Waals surface area contributed by atoms with E-state index in [-0.39, 0.29) is 35.1 Å². The molecule has 196 valence electrons. The number of Topliss-reactive ketones (excluding diaryl/α,β-unsaturated/α-hetero) is 1. The minimum atomic E-state index is -2.00. The lowest BCUT2D eigenvalue weighted by Gasteiger charge is -2.41. The number of aliphatic hydroxyl groups excluding tert-OH is 1. The Balaban J connectivity index is 1.68. The Bertz CT molecular complexity index is 1340. The molecule has 11 heteroatoms. The first kappa shape index (κ1) is 25.3. The van der Waals surface area contributed by atoms with Gasteiger partial charge in [-0.25, -0.2) is 0 Å². The summed E-state index contributed by atoms with van der Waals surface area (Å²) < 4.78 is 11.8. The molecule has 2 aromatic rings. The molecule has 0 radical (unpaired) electrons. The maximum atomic E-state index is 13.4. The number of rotatable bonds is 3. The molecule has 1 heterocycles. The lowest BCUT2D eigenvalue weighted by Crippen LogP contribution is -2.71. The Hall–Kier alpha value is -3.35. The van der Waals surface area contributed by atoms with E-state index in [9.17, 15) is 39.9 Å². The fraction of sp³-hybridized carbons (Fsp3) is 0.423. The Labute approximate surface area is 211 Å². The van der Waals surface area contributed by atoms with Crippen molar-refractivity contribution < 1.29 is 55.1 Å². The number of carbonyl (C=O) groups is 3. The van der Waals surface area contributed by atoms with Gasteiger partial charge in [-0.3, -0.25) is 14.4 Å². The minimum absolute atomic E-state index is 0.0646. The Kier molecular flexibility index (Phi) is 5.89. The number of ketones is 3. The van der Waals surface area contributed by atoms with Crippen molar-refractivity contribution in [2.45, 2.75) is 69.4 Å². The van der Waals surface area contributed by atoms with Crippen LogP contribution in [0.3, 0.4) is 0 Å². The van der Waals surface area contributed by atoms with E-state index >= 15 is 0 Å². The first-order valence-corrected chi connectivity index (χ1v) is 11.9. The van der Waals surface area contributed by atoms with Crippen molar-refractivity contribution in [1.29, 1.82) is 0 Å². The van der Waals surface area contributed by atoms with Crippen molar-refractivity contribution in [2.24, 2.45) is 0 Å². The molecule has 2 aliphatic carbocycles. The summed E-state index contributed by atoms with van der Waals surface area (Å²) in [7, 11) is 0. The summed E-state index contributed by atoms with van der Waals surface area (Å²) in [6.45, 7) is 2.81. The monoisotopic (exact) mass is 514 g/mol. The molecular formula is C26H28NO10+. The van der Waals surface area contributed by atoms with E-state index in [2.05, 4.69) is 5.73 Å². The SMILES string of the molecule is CC(=O)[C@]1(O)Cc2c(O)c3c(c(O)c2[C@@H](O[C@H]2C[C@H]([NH3+])[C@H](O)[C@H](C)O2)C1)C(=O)c1c(O)cccc1C3=O. The van der Waals surface area contributed by atoms with Crippen molar-refractivity contribution in [3.63, 3.8) is 0 Å². The van der Waals surface area contributed by atoms with Crippen molar-refractivity contribution >= 4 is 17.3 Å². The first-order chi connectivity index (χ1) is 17.4. The van der Waals surface area contributed by atoms with Crippen LogP contribution < -0.4 is 5.73 Å². The quantitative estimate of drug-likeness (QED) is 0.259. The molecule has 37 heavy (non-hydrogen) atoms. The molecule has 3 aliphatic rings. The number of hydrogen-bond donors (Lipinski definition) is 6. The number of phenols is 3. The number of phenolic OH excluding ortho intramolecular Hbond substituents is 3. The second-order valence-corrected chi connectivity index (χ2v) is 10.0. The van der Waals surface area contributed by atoms with E-state index in [1.165, 1.54) is 25.1 Å². The summed E-state index contributed by atoms with van der Waals surface area (Å²) in [5.41, 5.74) is 0.296. The third-order valence-corrected chi connectivity index (χ3v) is 7.67. The van der Waals surface area contributed by atoms with Gasteiger partial charge in [0.1, 0.15) is 35.0 Å². The normalized spacial score (nSPS) is 30.9. The van der Waals surface area contributed by atoms with Gasteiger partial charge >= 0.3 is 0 Å². The molecule has 0 unspecified atom stereocenters. The minimum Gasteiger partial charge on any atom is -0.507 e. The van der Waals surface area contributed by atoms with Gasteiger partial charge in [0.15, 0.2) is 17.9 Å². The van der Waals surface area contributed by atoms with Crippen molar-refractivity contribution in [1.82, 2.24) is 0 Å². The lowest BCUT2D eigenvalue weighted by atomic mass is 9.72. The third kappa shape index (κ3) is 3.73. The smallest absolute Gasteiger partial charge is 0.202 e. The second kappa shape index (κ2) is 8.61. The van der Waals surface area contributed by atoms with E-state index in [1.54, 1.807) is 6.92 Å². The average molecular weight is 515 g/mol. The predicted octanol–water partition coefficient (Wildman–Crippen LogP) is 0.00910. The van der Waals surface area contributed by atoms with Crippen molar-refractivity contribution in [3.8, 4) is 17.2 Å². The van der Waals surface area contributed by atoms with Gasteiger partial charge in [-0.1, -0.05) is 12.1 Å². The summed E-state index contributed by atoms with van der Waals surface area (Å²) in [5, 5.41) is 54.2. The summed E-state index contributed by atoms with van der Waals surface area (Å²) in [6, 6.07) is 3.47. The molecule has 6 atom stereocenters. The number of aliphatic hydroxyl groups is 2. The van der Waals surface area contributed by atoms with Crippen LogP contribution in [0.2, 0.25) is 0 Å². The highest BCUT2D eigenvalue weighted by Crippen LogP contribution is 2.52. The molecule has 11 nitrogen and oxygen atoms in total. The molecule has 2 aromatic carbocycles. The van der Waals surface area contributed by atoms with Crippen LogP contribution >= 0.6 is 0 Å². The summed E-state index contributed by atoms with van der Waals surface area (Å²) in [6.07, 6.45) is -4.27. The molecule has 0 saturated carbocycles. The number of hydrogen-bond acceptors (Lipinski definition) is 10. The molecule has 1 aliphatic heterocycles. The average Bonchev–Trinajstić information content (AvgIpc) is 2.82. The number of benzene rings is 2. The maximum Gasteiger partial charge on any atom is 0.202 e. The fourth-order valence-corrected chi connectivity index (χ4v) is 5.56. The van der Waals surface area contributed by atoms with Crippen LogP contribution in [0.5, 0.6) is 17.2 Å². The van der Waals surface area contributed by atoms with Crippen LogP contribution in [0.15, 0.2) is 18.2 Å². The summed E-state index contributed by atoms with van der Waals surface area (Å²) in [4.78, 5) is 39.2. The molecular weight excluding hydrogens is 486 g/mol. The van der Waals surface area contributed by atoms with Crippen LogP contribution in [0, 0.1) is 0 Å². The van der Waals surface area contributed by atoms with Gasteiger partial charge in [0, 0.05) is 29.5 Å². The van der Waals surface area contributed by atoms with Crippen LogP contribution in [0.1, 0.15) is 75.8 Å². The van der Waals surface area contributed by atoms with Crippen LogP contribution in [0.4, 0.5) is 0 Å². The van der Waals surface area contributed by atoms with Gasteiger partial charge in [0.05, 0.1) is 35.3 Å². The molecule has 0 spiro atoms. The van der Waals surface area contributed by atoms with Crippen LogP contribution in [0.25, 0.3) is 0 Å². The zero-order valence-corrected chi connectivity index (χ0v) is 20.2. The molecule has 0 aromatic heterocycles. The predicted molar refractivity (Wildman–Crippen MR) is 124 cm³/mol. The molecule has 1 saturated heterocycles.